The summed E-state index contributed by atoms with van der Waals surface area (Å²) in [6.07, 6.45) is -0.223. The first-order chi connectivity index (χ1) is 9.90. The van der Waals surface area contributed by atoms with E-state index in [1.807, 2.05) is 6.07 Å². The average Bonchev–Trinajstić information content (AvgIpc) is 2.90. The van der Waals surface area contributed by atoms with Gasteiger partial charge in [0.2, 0.25) is 0 Å². The lowest BCUT2D eigenvalue weighted by Gasteiger charge is -2.18. The van der Waals surface area contributed by atoms with Crippen LogP contribution in [0.4, 0.5) is 5.69 Å². The molecule has 1 aromatic carbocycles. The second kappa shape index (κ2) is 6.39. The van der Waals surface area contributed by atoms with Gasteiger partial charge in [0.1, 0.15) is 0 Å². The van der Waals surface area contributed by atoms with Crippen LogP contribution in [0.25, 0.3) is 0 Å². The normalized spacial score (nSPS) is 14.3. The van der Waals surface area contributed by atoms with Crippen molar-refractivity contribution >= 4 is 38.1 Å². The molecule has 0 fully saturated rings. The van der Waals surface area contributed by atoms with Gasteiger partial charge >= 0.3 is 5.97 Å². The molecule has 1 unspecified atom stereocenters. The molecular weight excluding hydrogens is 338 g/mol. The van der Waals surface area contributed by atoms with Crippen molar-refractivity contribution in [2.24, 2.45) is 5.92 Å². The van der Waals surface area contributed by atoms with Crippen LogP contribution in [-0.2, 0) is 20.7 Å². The van der Waals surface area contributed by atoms with Gasteiger partial charge in [0.25, 0.3) is 10.5 Å². The van der Waals surface area contributed by atoms with Gasteiger partial charge in [-0.1, -0.05) is 13.8 Å². The zero-order chi connectivity index (χ0) is 15.6. The molecule has 1 heterocycles. The Kier molecular flexibility index (Phi) is 4.77. The molecule has 0 aliphatic carbocycles. The highest BCUT2D eigenvalue weighted by Crippen LogP contribution is 2.24. The summed E-state index contributed by atoms with van der Waals surface area (Å²) in [4.78, 5) is 35.0. The monoisotopic (exact) mass is 353 g/mol. The number of benzene rings is 1. The van der Waals surface area contributed by atoms with Gasteiger partial charge in [-0.05, 0) is 36.1 Å². The van der Waals surface area contributed by atoms with E-state index in [-0.39, 0.29) is 5.92 Å². The molecule has 1 aliphatic heterocycles. The number of anilines is 1. The zero-order valence-corrected chi connectivity index (χ0v) is 13.4. The van der Waals surface area contributed by atoms with Crippen molar-refractivity contribution in [1.82, 2.24) is 0 Å². The van der Waals surface area contributed by atoms with E-state index in [1.165, 1.54) is 0 Å². The van der Waals surface area contributed by atoms with Crippen LogP contribution in [0.15, 0.2) is 18.2 Å². The molecule has 0 saturated carbocycles. The van der Waals surface area contributed by atoms with Crippen LogP contribution in [0, 0.1) is 5.92 Å². The number of hydrogen-bond acceptors (Lipinski definition) is 5. The summed E-state index contributed by atoms with van der Waals surface area (Å²) in [5.74, 6) is -1.62. The maximum atomic E-state index is 12.2. The van der Waals surface area contributed by atoms with Gasteiger partial charge < -0.3 is 10.1 Å². The van der Waals surface area contributed by atoms with Crippen LogP contribution in [0.1, 0.15) is 29.8 Å². The Labute approximate surface area is 131 Å². The number of rotatable bonds is 5. The second-order valence-corrected chi connectivity index (χ2v) is 5.98. The quantitative estimate of drug-likeness (QED) is 0.499. The maximum Gasteiger partial charge on any atom is 0.338 e. The lowest BCUT2D eigenvalue weighted by Crippen LogP contribution is -2.35. The van der Waals surface area contributed by atoms with Crippen molar-refractivity contribution in [3.8, 4) is 0 Å². The van der Waals surface area contributed by atoms with E-state index in [4.69, 9.17) is 4.74 Å². The predicted octanol–water partition coefficient (Wildman–Crippen LogP) is 2.33. The van der Waals surface area contributed by atoms with Crippen LogP contribution in [0.5, 0.6) is 0 Å². The van der Waals surface area contributed by atoms with Crippen LogP contribution in [-0.4, -0.2) is 29.1 Å². The van der Waals surface area contributed by atoms with Gasteiger partial charge in [-0.25, -0.2) is 4.79 Å². The van der Waals surface area contributed by atoms with Crippen LogP contribution < -0.4 is 5.32 Å². The van der Waals surface area contributed by atoms with Crippen molar-refractivity contribution in [2.45, 2.75) is 26.4 Å². The third-order valence-corrected chi connectivity index (χ3v) is 3.73. The summed E-state index contributed by atoms with van der Waals surface area (Å²) in [6, 6.07) is 5.23. The maximum absolute atomic E-state index is 12.2. The molecule has 112 valence electrons. The SMILES string of the molecule is CC(C)C(OC(=O)c1ccc2c(c1)CCN2)C(=O)C(=O)Br. The highest BCUT2D eigenvalue weighted by atomic mass is 79.9. The van der Waals surface area contributed by atoms with Gasteiger partial charge in [0.15, 0.2) is 6.10 Å². The third kappa shape index (κ3) is 3.50. The molecule has 0 radical (unpaired) electrons. The van der Waals surface area contributed by atoms with E-state index < -0.39 is 22.5 Å². The summed E-state index contributed by atoms with van der Waals surface area (Å²) in [5.41, 5.74) is 2.45. The Balaban J connectivity index is 2.15. The molecule has 0 aromatic heterocycles. The lowest BCUT2D eigenvalue weighted by molar-refractivity contribution is -0.138. The highest BCUT2D eigenvalue weighted by molar-refractivity contribution is 9.19. The van der Waals surface area contributed by atoms with Crippen molar-refractivity contribution < 1.29 is 19.1 Å². The number of fused-ring (bicyclic) bond motifs is 1. The fourth-order valence-electron chi connectivity index (χ4n) is 2.22. The third-order valence-electron chi connectivity index (χ3n) is 3.34. The van der Waals surface area contributed by atoms with Crippen LogP contribution in [0.2, 0.25) is 0 Å². The Morgan fingerprint density at radius 2 is 2.00 bits per heavy atom. The number of ketones is 1. The summed E-state index contributed by atoms with van der Waals surface area (Å²) < 4.78 is 4.44. The molecule has 1 aromatic rings. The van der Waals surface area contributed by atoms with Crippen molar-refractivity contribution in [3.63, 3.8) is 0 Å². The number of esters is 1. The van der Waals surface area contributed by atoms with Gasteiger partial charge in [0, 0.05) is 28.2 Å². The zero-order valence-electron chi connectivity index (χ0n) is 11.8. The van der Waals surface area contributed by atoms with E-state index in [0.717, 1.165) is 24.2 Å². The molecule has 2 rings (SSSR count). The molecule has 1 aliphatic rings. The summed E-state index contributed by atoms with van der Waals surface area (Å²) in [6.45, 7) is 4.29. The molecule has 5 nitrogen and oxygen atoms in total. The fraction of sp³-hybridized carbons (Fsp3) is 0.400. The number of carbonyl (C=O) groups excluding carboxylic acids is 3. The number of nitrogens with one attached hydrogen (secondary N) is 1. The van der Waals surface area contributed by atoms with E-state index in [9.17, 15) is 14.4 Å². The molecule has 1 N–H and O–H groups in total. The number of ether oxygens (including phenoxy) is 1. The number of carbonyl (C=O) groups is 3. The minimum absolute atomic E-state index is 0.279. The van der Waals surface area contributed by atoms with Gasteiger partial charge in [0.05, 0.1) is 5.56 Å². The van der Waals surface area contributed by atoms with Crippen LogP contribution in [0.3, 0.4) is 0 Å². The molecular formula is C15H16BrNO4. The molecule has 0 saturated heterocycles. The fourth-order valence-corrected chi connectivity index (χ4v) is 2.44. The topological polar surface area (TPSA) is 72.5 Å². The summed E-state index contributed by atoms with van der Waals surface area (Å²) >= 11 is 2.61. The number of halogens is 1. The molecule has 0 amide bonds. The Morgan fingerprint density at radius 1 is 1.29 bits per heavy atom. The van der Waals surface area contributed by atoms with Crippen LogP contribution >= 0.6 is 15.9 Å². The number of hydrogen-bond donors (Lipinski definition) is 1. The van der Waals surface area contributed by atoms with Crippen molar-refractivity contribution in [3.05, 3.63) is 29.3 Å². The molecule has 6 heteroatoms. The summed E-state index contributed by atoms with van der Waals surface area (Å²) in [7, 11) is 0. The first kappa shape index (κ1) is 15.7. The Hall–Kier alpha value is -1.69. The largest absolute Gasteiger partial charge is 0.450 e. The predicted molar refractivity (Wildman–Crippen MR) is 81.6 cm³/mol. The lowest BCUT2D eigenvalue weighted by atomic mass is 10.0. The van der Waals surface area contributed by atoms with Gasteiger partial charge in [-0.15, -0.1) is 0 Å². The standard InChI is InChI=1S/C15H16BrNO4/c1-8(2)13(12(18)14(16)19)21-15(20)10-3-4-11-9(7-10)5-6-17-11/h3-4,7-8,13,17H,5-6H2,1-2H3. The van der Waals surface area contributed by atoms with E-state index >= 15 is 0 Å². The Morgan fingerprint density at radius 3 is 2.62 bits per heavy atom. The van der Waals surface area contributed by atoms with Gasteiger partial charge in [-0.2, -0.15) is 0 Å². The van der Waals surface area contributed by atoms with E-state index in [0.29, 0.717) is 5.56 Å². The Bertz CT molecular complexity index is 597. The second-order valence-electron chi connectivity index (χ2n) is 5.26. The first-order valence-corrected chi connectivity index (χ1v) is 7.51. The molecule has 21 heavy (non-hydrogen) atoms. The molecule has 1 atom stereocenters. The first-order valence-electron chi connectivity index (χ1n) is 6.71. The highest BCUT2D eigenvalue weighted by Gasteiger charge is 2.30. The minimum Gasteiger partial charge on any atom is -0.450 e. The van der Waals surface area contributed by atoms with E-state index in [2.05, 4.69) is 21.2 Å². The van der Waals surface area contributed by atoms with Crippen molar-refractivity contribution in [1.29, 1.82) is 0 Å². The molecule has 0 spiro atoms. The summed E-state index contributed by atoms with van der Waals surface area (Å²) in [5, 5.41) is 3.20. The average molecular weight is 354 g/mol. The number of Topliss-reactive ketones (excluding diaryl/α,β-unsaturated/α-hetero) is 1. The van der Waals surface area contributed by atoms with E-state index in [1.54, 1.807) is 26.0 Å². The smallest absolute Gasteiger partial charge is 0.338 e. The van der Waals surface area contributed by atoms with Gasteiger partial charge in [-0.3, -0.25) is 9.59 Å². The minimum atomic E-state index is -1.07. The molecule has 0 bridgehead atoms. The van der Waals surface area contributed by atoms with Crippen molar-refractivity contribution in [2.75, 3.05) is 11.9 Å².